The molecular formula is C12H18ClFN2O2S. The van der Waals surface area contributed by atoms with Gasteiger partial charge in [-0.15, -0.1) is 12.4 Å². The minimum absolute atomic E-state index is 0. The van der Waals surface area contributed by atoms with Gasteiger partial charge in [0.15, 0.2) is 0 Å². The average molecular weight is 309 g/mol. The van der Waals surface area contributed by atoms with Gasteiger partial charge in [-0.25, -0.2) is 12.8 Å². The molecule has 0 amide bonds. The van der Waals surface area contributed by atoms with E-state index in [4.69, 9.17) is 0 Å². The molecule has 1 aromatic rings. The molecule has 2 rings (SSSR count). The second kappa shape index (κ2) is 6.17. The number of nitrogens with one attached hydrogen (secondary N) is 1. The summed E-state index contributed by atoms with van der Waals surface area (Å²) in [7, 11) is -3.61. The number of benzene rings is 1. The molecule has 0 saturated carbocycles. The summed E-state index contributed by atoms with van der Waals surface area (Å²) in [5.74, 6) is -0.526. The molecule has 108 valence electrons. The van der Waals surface area contributed by atoms with Crippen LogP contribution in [0.1, 0.15) is 12.5 Å². The third kappa shape index (κ3) is 3.25. The van der Waals surface area contributed by atoms with Gasteiger partial charge in [0.2, 0.25) is 10.0 Å². The molecule has 0 bridgehead atoms. The average Bonchev–Trinajstić information content (AvgIpc) is 2.32. The third-order valence-electron chi connectivity index (χ3n) is 3.18. The van der Waals surface area contributed by atoms with Crippen molar-refractivity contribution in [2.45, 2.75) is 24.8 Å². The molecule has 7 heteroatoms. The molecule has 1 aliphatic heterocycles. The van der Waals surface area contributed by atoms with E-state index in [0.717, 1.165) is 6.07 Å². The molecule has 0 aliphatic carbocycles. The molecule has 1 N–H and O–H groups in total. The molecule has 0 unspecified atom stereocenters. The molecule has 1 fully saturated rings. The highest BCUT2D eigenvalue weighted by molar-refractivity contribution is 7.89. The Labute approximate surface area is 119 Å². The maximum Gasteiger partial charge on any atom is 0.243 e. The van der Waals surface area contributed by atoms with E-state index in [-0.39, 0.29) is 23.3 Å². The van der Waals surface area contributed by atoms with E-state index in [9.17, 15) is 12.8 Å². The molecule has 0 radical (unpaired) electrons. The van der Waals surface area contributed by atoms with E-state index in [2.05, 4.69) is 5.32 Å². The van der Waals surface area contributed by atoms with Crippen LogP contribution in [0.2, 0.25) is 0 Å². The predicted molar refractivity (Wildman–Crippen MR) is 74.6 cm³/mol. The lowest BCUT2D eigenvalue weighted by Gasteiger charge is -2.33. The first kappa shape index (κ1) is 16.4. The summed E-state index contributed by atoms with van der Waals surface area (Å²) in [6.45, 7) is 5.18. The summed E-state index contributed by atoms with van der Waals surface area (Å²) in [6, 6.07) is 3.75. The number of aryl methyl sites for hydroxylation is 1. The van der Waals surface area contributed by atoms with Crippen LogP contribution >= 0.6 is 12.4 Å². The van der Waals surface area contributed by atoms with Crippen LogP contribution in [0.5, 0.6) is 0 Å². The summed E-state index contributed by atoms with van der Waals surface area (Å²) in [5.41, 5.74) is 0.571. The number of hydrogen-bond donors (Lipinski definition) is 1. The normalized spacial score (nSPS) is 20.9. The van der Waals surface area contributed by atoms with Gasteiger partial charge < -0.3 is 5.32 Å². The van der Waals surface area contributed by atoms with E-state index in [0.29, 0.717) is 25.2 Å². The van der Waals surface area contributed by atoms with E-state index in [1.54, 1.807) is 6.92 Å². The van der Waals surface area contributed by atoms with Crippen molar-refractivity contribution in [1.82, 2.24) is 9.62 Å². The van der Waals surface area contributed by atoms with Crippen LogP contribution in [-0.2, 0) is 10.0 Å². The lowest BCUT2D eigenvalue weighted by atomic mass is 10.2. The standard InChI is InChI=1S/C12H17FN2O2S.ClH/c1-9-3-4-11(13)7-12(9)18(16,17)15-6-5-14-8-10(15)2;/h3-4,7,10,14H,5-6,8H2,1-2H3;1H/t10-;/m1./s1. The van der Waals surface area contributed by atoms with Gasteiger partial charge in [-0.05, 0) is 31.5 Å². The first-order valence-electron chi connectivity index (χ1n) is 5.91. The summed E-state index contributed by atoms with van der Waals surface area (Å²) in [5, 5.41) is 3.13. The van der Waals surface area contributed by atoms with Crippen molar-refractivity contribution >= 4 is 22.4 Å². The van der Waals surface area contributed by atoms with Crippen LogP contribution in [0, 0.1) is 12.7 Å². The predicted octanol–water partition coefficient (Wildman–Crippen LogP) is 1.54. The Morgan fingerprint density at radius 3 is 2.74 bits per heavy atom. The van der Waals surface area contributed by atoms with Crippen molar-refractivity contribution < 1.29 is 12.8 Å². The fourth-order valence-electron chi connectivity index (χ4n) is 2.16. The molecule has 1 heterocycles. The minimum atomic E-state index is -3.61. The highest BCUT2D eigenvalue weighted by atomic mass is 35.5. The van der Waals surface area contributed by atoms with Gasteiger partial charge in [0.1, 0.15) is 5.82 Å². The van der Waals surface area contributed by atoms with Crippen LogP contribution in [0.15, 0.2) is 23.1 Å². The van der Waals surface area contributed by atoms with Crippen LogP contribution in [0.3, 0.4) is 0 Å². The molecule has 0 aromatic heterocycles. The largest absolute Gasteiger partial charge is 0.314 e. The van der Waals surface area contributed by atoms with Crippen molar-refractivity contribution in [3.05, 3.63) is 29.6 Å². The van der Waals surface area contributed by atoms with Gasteiger partial charge in [-0.2, -0.15) is 4.31 Å². The van der Waals surface area contributed by atoms with Crippen molar-refractivity contribution in [2.24, 2.45) is 0 Å². The molecule has 1 aliphatic rings. The maximum atomic E-state index is 13.2. The summed E-state index contributed by atoms with van der Waals surface area (Å²) >= 11 is 0. The van der Waals surface area contributed by atoms with E-state index < -0.39 is 15.8 Å². The van der Waals surface area contributed by atoms with E-state index in [1.807, 2.05) is 6.92 Å². The number of rotatable bonds is 2. The molecule has 1 atom stereocenters. The Bertz CT molecular complexity index is 551. The van der Waals surface area contributed by atoms with Crippen molar-refractivity contribution in [3.63, 3.8) is 0 Å². The van der Waals surface area contributed by atoms with Gasteiger partial charge in [0.05, 0.1) is 4.90 Å². The number of sulfonamides is 1. The van der Waals surface area contributed by atoms with Gasteiger partial charge >= 0.3 is 0 Å². The highest BCUT2D eigenvalue weighted by Crippen LogP contribution is 2.23. The summed E-state index contributed by atoms with van der Waals surface area (Å²) < 4.78 is 39.7. The monoisotopic (exact) mass is 308 g/mol. The Hall–Kier alpha value is -0.690. The van der Waals surface area contributed by atoms with Gasteiger partial charge in [0, 0.05) is 25.7 Å². The SMILES string of the molecule is Cc1ccc(F)cc1S(=O)(=O)N1CCNC[C@H]1C.Cl. The highest BCUT2D eigenvalue weighted by Gasteiger charge is 2.32. The fourth-order valence-corrected chi connectivity index (χ4v) is 4.03. The molecule has 0 spiro atoms. The van der Waals surface area contributed by atoms with E-state index in [1.165, 1.54) is 16.4 Å². The maximum absolute atomic E-state index is 13.2. The van der Waals surface area contributed by atoms with Crippen LogP contribution < -0.4 is 5.32 Å². The van der Waals surface area contributed by atoms with Gasteiger partial charge in [-0.1, -0.05) is 6.07 Å². The fraction of sp³-hybridized carbons (Fsp3) is 0.500. The van der Waals surface area contributed by atoms with Crippen molar-refractivity contribution in [3.8, 4) is 0 Å². The molecule has 19 heavy (non-hydrogen) atoms. The number of halogens is 2. The zero-order chi connectivity index (χ0) is 13.3. The molecule has 1 saturated heterocycles. The smallest absolute Gasteiger partial charge is 0.243 e. The zero-order valence-corrected chi connectivity index (χ0v) is 12.5. The van der Waals surface area contributed by atoms with Gasteiger partial charge in [0.25, 0.3) is 0 Å². The summed E-state index contributed by atoms with van der Waals surface area (Å²) in [4.78, 5) is 0.0660. The number of nitrogens with zero attached hydrogens (tertiary/aromatic N) is 1. The van der Waals surface area contributed by atoms with Crippen LogP contribution in [0.4, 0.5) is 4.39 Å². The molecule has 1 aromatic carbocycles. The molecule has 4 nitrogen and oxygen atoms in total. The second-order valence-electron chi connectivity index (χ2n) is 4.58. The first-order chi connectivity index (χ1) is 8.43. The summed E-state index contributed by atoms with van der Waals surface area (Å²) in [6.07, 6.45) is 0. The Morgan fingerprint density at radius 2 is 2.11 bits per heavy atom. The third-order valence-corrected chi connectivity index (χ3v) is 5.33. The lowest BCUT2D eigenvalue weighted by molar-refractivity contribution is 0.283. The van der Waals surface area contributed by atoms with Crippen LogP contribution in [-0.4, -0.2) is 38.4 Å². The van der Waals surface area contributed by atoms with Crippen molar-refractivity contribution in [1.29, 1.82) is 0 Å². The number of piperazine rings is 1. The Kier molecular flexibility index (Phi) is 5.32. The number of hydrogen-bond acceptors (Lipinski definition) is 3. The Balaban J connectivity index is 0.00000180. The Morgan fingerprint density at radius 1 is 1.42 bits per heavy atom. The van der Waals surface area contributed by atoms with Crippen molar-refractivity contribution in [2.75, 3.05) is 19.6 Å². The quantitative estimate of drug-likeness (QED) is 0.901. The second-order valence-corrected chi connectivity index (χ2v) is 6.44. The van der Waals surface area contributed by atoms with E-state index >= 15 is 0 Å². The molecular weight excluding hydrogens is 291 g/mol. The van der Waals surface area contributed by atoms with Gasteiger partial charge in [-0.3, -0.25) is 0 Å². The zero-order valence-electron chi connectivity index (χ0n) is 10.9. The minimum Gasteiger partial charge on any atom is -0.314 e. The lowest BCUT2D eigenvalue weighted by Crippen LogP contribution is -2.52. The first-order valence-corrected chi connectivity index (χ1v) is 7.35. The van der Waals surface area contributed by atoms with Crippen LogP contribution in [0.25, 0.3) is 0 Å². The topological polar surface area (TPSA) is 49.4 Å².